The second-order valence-corrected chi connectivity index (χ2v) is 3.94. The van der Waals surface area contributed by atoms with Crippen LogP contribution >= 0.6 is 0 Å². The van der Waals surface area contributed by atoms with E-state index in [9.17, 15) is 0 Å². The molecule has 1 fully saturated rings. The summed E-state index contributed by atoms with van der Waals surface area (Å²) in [7, 11) is 1.90. The van der Waals surface area contributed by atoms with Gasteiger partial charge in [0.05, 0.1) is 11.8 Å². The molecule has 4 heteroatoms. The molecule has 1 aliphatic rings. The highest BCUT2D eigenvalue weighted by Crippen LogP contribution is 2.14. The van der Waals surface area contributed by atoms with E-state index >= 15 is 0 Å². The van der Waals surface area contributed by atoms with Gasteiger partial charge < -0.3 is 14.8 Å². The van der Waals surface area contributed by atoms with Gasteiger partial charge in [0.15, 0.2) is 0 Å². The van der Waals surface area contributed by atoms with Gasteiger partial charge in [-0.3, -0.25) is 0 Å². The number of hydrogen-bond donors (Lipinski definition) is 1. The Labute approximate surface area is 96.0 Å². The molecule has 0 aromatic carbocycles. The van der Waals surface area contributed by atoms with Crippen LogP contribution in [-0.2, 0) is 11.3 Å². The average molecular weight is 222 g/mol. The second-order valence-electron chi connectivity index (χ2n) is 3.94. The Hall–Kier alpha value is -1.13. The molecule has 0 amide bonds. The predicted molar refractivity (Wildman–Crippen MR) is 61.5 cm³/mol. The number of rotatable bonds is 5. The minimum absolute atomic E-state index is 0.245. The topological polar surface area (TPSA) is 43.4 Å². The van der Waals surface area contributed by atoms with Gasteiger partial charge in [-0.15, -0.1) is 0 Å². The Morgan fingerprint density at radius 1 is 1.56 bits per heavy atom. The van der Waals surface area contributed by atoms with Crippen LogP contribution in [0.15, 0.2) is 18.2 Å². The number of nitrogens with one attached hydrogen (secondary N) is 1. The van der Waals surface area contributed by atoms with E-state index in [0.717, 1.165) is 31.7 Å². The van der Waals surface area contributed by atoms with E-state index in [1.54, 1.807) is 0 Å². The number of nitrogens with zero attached hydrogens (tertiary/aromatic N) is 1. The molecule has 1 aromatic heterocycles. The van der Waals surface area contributed by atoms with Gasteiger partial charge in [0, 0.05) is 19.2 Å². The van der Waals surface area contributed by atoms with Crippen molar-refractivity contribution in [1.82, 2.24) is 10.3 Å². The third-order valence-corrected chi connectivity index (χ3v) is 2.58. The van der Waals surface area contributed by atoms with Crippen LogP contribution in [0.1, 0.15) is 18.5 Å². The van der Waals surface area contributed by atoms with Crippen molar-refractivity contribution < 1.29 is 9.47 Å². The zero-order chi connectivity index (χ0) is 11.2. The number of hydrogen-bond acceptors (Lipinski definition) is 4. The minimum atomic E-state index is 0.245. The van der Waals surface area contributed by atoms with Gasteiger partial charge in [-0.05, 0) is 26.0 Å². The Kier molecular flexibility index (Phi) is 4.13. The zero-order valence-corrected chi connectivity index (χ0v) is 9.61. The summed E-state index contributed by atoms with van der Waals surface area (Å²) >= 11 is 0. The van der Waals surface area contributed by atoms with Crippen LogP contribution in [0.5, 0.6) is 5.88 Å². The van der Waals surface area contributed by atoms with Crippen LogP contribution in [0.2, 0.25) is 0 Å². The fourth-order valence-electron chi connectivity index (χ4n) is 1.77. The fourth-order valence-corrected chi connectivity index (χ4v) is 1.77. The first kappa shape index (κ1) is 11.4. The lowest BCUT2D eigenvalue weighted by molar-refractivity contribution is 0.0662. The van der Waals surface area contributed by atoms with Crippen LogP contribution in [0.4, 0.5) is 0 Å². The summed E-state index contributed by atoms with van der Waals surface area (Å²) in [5, 5.41) is 3.07. The number of ether oxygens (including phenoxy) is 2. The molecule has 16 heavy (non-hydrogen) atoms. The first-order valence-corrected chi connectivity index (χ1v) is 5.73. The van der Waals surface area contributed by atoms with Crippen LogP contribution in [0, 0.1) is 0 Å². The molecule has 1 aliphatic heterocycles. The molecule has 0 aliphatic carbocycles. The van der Waals surface area contributed by atoms with Gasteiger partial charge in [0.25, 0.3) is 0 Å². The summed E-state index contributed by atoms with van der Waals surface area (Å²) in [4.78, 5) is 4.38. The normalized spacial score (nSPS) is 19.9. The third kappa shape index (κ3) is 3.18. The molecule has 1 unspecified atom stereocenters. The Morgan fingerprint density at radius 3 is 3.25 bits per heavy atom. The van der Waals surface area contributed by atoms with Gasteiger partial charge >= 0.3 is 0 Å². The summed E-state index contributed by atoms with van der Waals surface area (Å²) in [6.45, 7) is 2.23. The van der Waals surface area contributed by atoms with Crippen molar-refractivity contribution in [1.29, 1.82) is 0 Å². The van der Waals surface area contributed by atoms with Gasteiger partial charge in [-0.2, -0.15) is 0 Å². The van der Waals surface area contributed by atoms with Crippen molar-refractivity contribution in [2.45, 2.75) is 25.5 Å². The van der Waals surface area contributed by atoms with Crippen LogP contribution in [-0.4, -0.2) is 31.3 Å². The highest BCUT2D eigenvalue weighted by molar-refractivity contribution is 5.15. The molecule has 0 radical (unpaired) electrons. The molecular weight excluding hydrogens is 204 g/mol. The second kappa shape index (κ2) is 5.82. The van der Waals surface area contributed by atoms with Crippen LogP contribution in [0.25, 0.3) is 0 Å². The van der Waals surface area contributed by atoms with E-state index in [-0.39, 0.29) is 6.10 Å². The molecule has 2 rings (SSSR count). The highest BCUT2D eigenvalue weighted by atomic mass is 16.5. The minimum Gasteiger partial charge on any atom is -0.475 e. The van der Waals surface area contributed by atoms with Gasteiger partial charge in [0.1, 0.15) is 6.61 Å². The van der Waals surface area contributed by atoms with Crippen molar-refractivity contribution in [2.75, 3.05) is 20.3 Å². The molecule has 2 heterocycles. The maximum absolute atomic E-state index is 5.61. The predicted octanol–water partition coefficient (Wildman–Crippen LogP) is 1.36. The summed E-state index contributed by atoms with van der Waals surface area (Å²) in [5.74, 6) is 0.684. The Morgan fingerprint density at radius 2 is 2.50 bits per heavy atom. The summed E-state index contributed by atoms with van der Waals surface area (Å²) in [6.07, 6.45) is 2.48. The standard InChI is InChI=1S/C12H18N2O2/c1-13-8-10-4-2-6-12(14-10)16-9-11-5-3-7-15-11/h2,4,6,11,13H,3,5,7-9H2,1H3. The molecule has 1 aromatic rings. The lowest BCUT2D eigenvalue weighted by Gasteiger charge is -2.11. The van der Waals surface area contributed by atoms with E-state index in [1.165, 1.54) is 0 Å². The highest BCUT2D eigenvalue weighted by Gasteiger charge is 2.16. The third-order valence-electron chi connectivity index (χ3n) is 2.58. The number of aromatic nitrogens is 1. The molecule has 4 nitrogen and oxygen atoms in total. The SMILES string of the molecule is CNCc1cccc(OCC2CCCO2)n1. The summed E-state index contributed by atoms with van der Waals surface area (Å²) < 4.78 is 11.1. The molecule has 0 saturated carbocycles. The molecule has 1 atom stereocenters. The van der Waals surface area contributed by atoms with Crippen LogP contribution < -0.4 is 10.1 Å². The maximum Gasteiger partial charge on any atom is 0.213 e. The maximum atomic E-state index is 5.61. The monoisotopic (exact) mass is 222 g/mol. The molecular formula is C12H18N2O2. The molecule has 0 spiro atoms. The van der Waals surface area contributed by atoms with Crippen LogP contribution in [0.3, 0.4) is 0 Å². The summed E-state index contributed by atoms with van der Waals surface area (Å²) in [5.41, 5.74) is 0.993. The van der Waals surface area contributed by atoms with Gasteiger partial charge in [0.2, 0.25) is 5.88 Å². The van der Waals surface area contributed by atoms with E-state index < -0.39 is 0 Å². The van der Waals surface area contributed by atoms with Gasteiger partial charge in [-0.25, -0.2) is 4.98 Å². The largest absolute Gasteiger partial charge is 0.475 e. The van der Waals surface area contributed by atoms with E-state index in [1.807, 2.05) is 25.2 Å². The van der Waals surface area contributed by atoms with E-state index in [0.29, 0.717) is 12.5 Å². The first-order valence-electron chi connectivity index (χ1n) is 5.73. The molecule has 1 N–H and O–H groups in total. The van der Waals surface area contributed by atoms with Crippen molar-refractivity contribution >= 4 is 0 Å². The van der Waals surface area contributed by atoms with Crippen molar-refractivity contribution in [3.8, 4) is 5.88 Å². The average Bonchev–Trinajstić information content (AvgIpc) is 2.80. The van der Waals surface area contributed by atoms with Crippen molar-refractivity contribution in [3.05, 3.63) is 23.9 Å². The van der Waals surface area contributed by atoms with Crippen molar-refractivity contribution in [3.63, 3.8) is 0 Å². The van der Waals surface area contributed by atoms with E-state index in [2.05, 4.69) is 10.3 Å². The molecule has 88 valence electrons. The molecule has 1 saturated heterocycles. The first-order chi connectivity index (χ1) is 7.88. The Balaban J connectivity index is 1.85. The zero-order valence-electron chi connectivity index (χ0n) is 9.61. The van der Waals surface area contributed by atoms with Crippen molar-refractivity contribution in [2.24, 2.45) is 0 Å². The lowest BCUT2D eigenvalue weighted by atomic mass is 10.2. The lowest BCUT2D eigenvalue weighted by Crippen LogP contribution is -2.17. The van der Waals surface area contributed by atoms with E-state index in [4.69, 9.17) is 9.47 Å². The smallest absolute Gasteiger partial charge is 0.213 e. The quantitative estimate of drug-likeness (QED) is 0.817. The fraction of sp³-hybridized carbons (Fsp3) is 0.583. The Bertz CT molecular complexity index is 325. The van der Waals surface area contributed by atoms with Gasteiger partial charge in [-0.1, -0.05) is 6.07 Å². The number of pyridine rings is 1. The molecule has 0 bridgehead atoms. The summed E-state index contributed by atoms with van der Waals surface area (Å²) in [6, 6.07) is 5.83.